The van der Waals surface area contributed by atoms with Crippen LogP contribution in [0.4, 0.5) is 17.1 Å². The van der Waals surface area contributed by atoms with Crippen molar-refractivity contribution in [2.24, 2.45) is 0 Å². The molecule has 248 valence electrons. The number of benzene rings is 9. The number of fused-ring (bicyclic) bond motifs is 9. The number of nitrogens with zero attached hydrogens (tertiary/aromatic N) is 1. The van der Waals surface area contributed by atoms with Gasteiger partial charge in [-0.05, 0) is 69.6 Å². The summed E-state index contributed by atoms with van der Waals surface area (Å²) in [5.41, 5.74) is 9.78. The van der Waals surface area contributed by atoms with E-state index in [1.165, 1.54) is 58.4 Å². The standard InChI is InChI=1S/C50H31NOS/c1-2-16-33-32(15-1)31-42(35-18-4-3-17-34(33)35)37-20-6-10-26-44(37)51(45-27-14-29-47-49(45)41-22-7-11-28-46(41)52-47)43-25-9-5-19-36(43)39-23-13-24-40-38-21-8-12-30-48(38)53-50(39)40/h1-31H. The first-order valence-corrected chi connectivity index (χ1v) is 18.8. The van der Waals surface area contributed by atoms with E-state index in [2.05, 4.69) is 187 Å². The molecule has 0 saturated heterocycles. The molecule has 2 aromatic heterocycles. The highest BCUT2D eigenvalue weighted by Crippen LogP contribution is 2.51. The van der Waals surface area contributed by atoms with Gasteiger partial charge in [0.25, 0.3) is 0 Å². The van der Waals surface area contributed by atoms with Gasteiger partial charge in [-0.15, -0.1) is 11.3 Å². The van der Waals surface area contributed by atoms with Crippen LogP contribution in [0.2, 0.25) is 0 Å². The van der Waals surface area contributed by atoms with Crippen molar-refractivity contribution < 1.29 is 4.42 Å². The number of thiophene rings is 1. The van der Waals surface area contributed by atoms with Crippen LogP contribution in [-0.4, -0.2) is 0 Å². The molecule has 0 bridgehead atoms. The monoisotopic (exact) mass is 693 g/mol. The zero-order valence-corrected chi connectivity index (χ0v) is 29.5. The number of anilines is 3. The normalized spacial score (nSPS) is 11.8. The second kappa shape index (κ2) is 11.9. The molecule has 0 amide bonds. The Labute approximate surface area is 310 Å². The van der Waals surface area contributed by atoms with Crippen molar-refractivity contribution in [3.8, 4) is 22.3 Å². The van der Waals surface area contributed by atoms with Gasteiger partial charge in [-0.3, -0.25) is 0 Å². The SMILES string of the molecule is c1ccc(N(c2ccccc2-c2cccc3c2sc2ccccc23)c2cccc3oc4ccccc4c23)c(-c2cc3ccccc3c3ccccc23)c1. The van der Waals surface area contributed by atoms with Crippen molar-refractivity contribution in [3.05, 3.63) is 188 Å². The molecule has 0 radical (unpaired) electrons. The van der Waals surface area contributed by atoms with Crippen molar-refractivity contribution >= 4 is 92.1 Å². The van der Waals surface area contributed by atoms with Crippen LogP contribution in [0.15, 0.2) is 192 Å². The summed E-state index contributed by atoms with van der Waals surface area (Å²) < 4.78 is 9.11. The Hall–Kier alpha value is -6.68. The minimum Gasteiger partial charge on any atom is -0.456 e. The van der Waals surface area contributed by atoms with E-state index in [0.29, 0.717) is 0 Å². The van der Waals surface area contributed by atoms with E-state index in [1.54, 1.807) is 0 Å². The first-order valence-electron chi connectivity index (χ1n) is 18.0. The summed E-state index contributed by atoms with van der Waals surface area (Å²) in [5.74, 6) is 0. The van der Waals surface area contributed by atoms with Crippen molar-refractivity contribution in [1.29, 1.82) is 0 Å². The summed E-state index contributed by atoms with van der Waals surface area (Å²) in [4.78, 5) is 2.48. The molecule has 0 aliphatic carbocycles. The van der Waals surface area contributed by atoms with Gasteiger partial charge in [0.15, 0.2) is 0 Å². The molecule has 0 unspecified atom stereocenters. The molecule has 0 aliphatic rings. The number of rotatable bonds is 5. The molecule has 0 atom stereocenters. The van der Waals surface area contributed by atoms with Crippen LogP contribution in [0.25, 0.3) is 85.9 Å². The molecular formula is C50H31NOS. The Kier molecular flexibility index (Phi) is 6.76. The highest BCUT2D eigenvalue weighted by molar-refractivity contribution is 7.26. The van der Waals surface area contributed by atoms with E-state index in [9.17, 15) is 0 Å². The molecule has 0 spiro atoms. The van der Waals surface area contributed by atoms with Crippen LogP contribution in [0.1, 0.15) is 0 Å². The molecule has 2 nitrogen and oxygen atoms in total. The maximum Gasteiger partial charge on any atom is 0.137 e. The smallest absolute Gasteiger partial charge is 0.137 e. The molecule has 9 aromatic carbocycles. The zero-order chi connectivity index (χ0) is 34.9. The van der Waals surface area contributed by atoms with Crippen LogP contribution in [0.5, 0.6) is 0 Å². The fourth-order valence-corrected chi connectivity index (χ4v) is 9.59. The van der Waals surface area contributed by atoms with Gasteiger partial charge in [-0.25, -0.2) is 0 Å². The Morgan fingerprint density at radius 3 is 1.74 bits per heavy atom. The largest absolute Gasteiger partial charge is 0.456 e. The molecule has 0 N–H and O–H groups in total. The molecule has 11 aromatic rings. The highest BCUT2D eigenvalue weighted by atomic mass is 32.1. The topological polar surface area (TPSA) is 16.4 Å². The highest BCUT2D eigenvalue weighted by Gasteiger charge is 2.25. The van der Waals surface area contributed by atoms with Crippen LogP contribution in [0, 0.1) is 0 Å². The lowest BCUT2D eigenvalue weighted by atomic mass is 9.91. The summed E-state index contributed by atoms with van der Waals surface area (Å²) in [7, 11) is 0. The van der Waals surface area contributed by atoms with Gasteiger partial charge in [0, 0.05) is 42.2 Å². The van der Waals surface area contributed by atoms with Gasteiger partial charge in [0.05, 0.1) is 22.4 Å². The van der Waals surface area contributed by atoms with Crippen molar-refractivity contribution in [2.45, 2.75) is 0 Å². The Balaban J connectivity index is 1.25. The maximum atomic E-state index is 6.52. The molecule has 0 aliphatic heterocycles. The van der Waals surface area contributed by atoms with E-state index >= 15 is 0 Å². The van der Waals surface area contributed by atoms with E-state index in [-0.39, 0.29) is 0 Å². The summed E-state index contributed by atoms with van der Waals surface area (Å²) in [5, 5.41) is 9.75. The van der Waals surface area contributed by atoms with Crippen LogP contribution < -0.4 is 4.90 Å². The lowest BCUT2D eigenvalue weighted by Gasteiger charge is -2.30. The van der Waals surface area contributed by atoms with E-state index in [0.717, 1.165) is 44.6 Å². The summed E-state index contributed by atoms with van der Waals surface area (Å²) in [6.45, 7) is 0. The Bertz CT molecular complexity index is 3200. The van der Waals surface area contributed by atoms with Gasteiger partial charge in [0.1, 0.15) is 11.2 Å². The van der Waals surface area contributed by atoms with Crippen LogP contribution in [0.3, 0.4) is 0 Å². The number of hydrogen-bond donors (Lipinski definition) is 0. The average molecular weight is 694 g/mol. The molecule has 3 heteroatoms. The van der Waals surface area contributed by atoms with E-state index in [1.807, 2.05) is 17.4 Å². The molecule has 0 fully saturated rings. The molecular weight excluding hydrogens is 663 g/mol. The summed E-state index contributed by atoms with van der Waals surface area (Å²) in [6, 6.07) is 68.0. The molecule has 2 heterocycles. The number of furan rings is 1. The third kappa shape index (κ3) is 4.64. The Morgan fingerprint density at radius 2 is 0.906 bits per heavy atom. The first-order chi connectivity index (χ1) is 26.3. The number of hydrogen-bond acceptors (Lipinski definition) is 3. The Morgan fingerprint density at radius 1 is 0.358 bits per heavy atom. The van der Waals surface area contributed by atoms with Crippen molar-refractivity contribution in [1.82, 2.24) is 0 Å². The predicted molar refractivity (Wildman–Crippen MR) is 227 cm³/mol. The predicted octanol–water partition coefficient (Wildman–Crippen LogP) is 15.1. The van der Waals surface area contributed by atoms with Gasteiger partial charge in [0.2, 0.25) is 0 Å². The fourth-order valence-electron chi connectivity index (χ4n) is 8.36. The van der Waals surface area contributed by atoms with Gasteiger partial charge in [-0.1, -0.05) is 146 Å². The lowest BCUT2D eigenvalue weighted by molar-refractivity contribution is 0.669. The molecule has 53 heavy (non-hydrogen) atoms. The van der Waals surface area contributed by atoms with Gasteiger partial charge < -0.3 is 9.32 Å². The molecule has 0 saturated carbocycles. The second-order valence-corrected chi connectivity index (χ2v) is 14.6. The number of para-hydroxylation sites is 3. The third-order valence-electron chi connectivity index (χ3n) is 10.7. The maximum absolute atomic E-state index is 6.52. The second-order valence-electron chi connectivity index (χ2n) is 13.6. The quantitative estimate of drug-likeness (QED) is 0.167. The fraction of sp³-hybridized carbons (Fsp3) is 0. The first kappa shape index (κ1) is 30.0. The van der Waals surface area contributed by atoms with Crippen LogP contribution in [-0.2, 0) is 0 Å². The van der Waals surface area contributed by atoms with E-state index in [4.69, 9.17) is 4.42 Å². The average Bonchev–Trinajstić information content (AvgIpc) is 3.80. The minimum atomic E-state index is 0.867. The van der Waals surface area contributed by atoms with Gasteiger partial charge in [-0.2, -0.15) is 0 Å². The third-order valence-corrected chi connectivity index (χ3v) is 11.9. The summed E-state index contributed by atoms with van der Waals surface area (Å²) in [6.07, 6.45) is 0. The summed E-state index contributed by atoms with van der Waals surface area (Å²) >= 11 is 1.87. The zero-order valence-electron chi connectivity index (χ0n) is 28.7. The molecule has 11 rings (SSSR count). The van der Waals surface area contributed by atoms with Crippen molar-refractivity contribution in [2.75, 3.05) is 4.90 Å². The van der Waals surface area contributed by atoms with Crippen LogP contribution >= 0.6 is 11.3 Å². The lowest BCUT2D eigenvalue weighted by Crippen LogP contribution is -2.13. The van der Waals surface area contributed by atoms with Gasteiger partial charge >= 0.3 is 0 Å². The van der Waals surface area contributed by atoms with E-state index < -0.39 is 0 Å². The van der Waals surface area contributed by atoms with Crippen molar-refractivity contribution in [3.63, 3.8) is 0 Å². The minimum absolute atomic E-state index is 0.867.